The first-order chi connectivity index (χ1) is 16.2. The van der Waals surface area contributed by atoms with Gasteiger partial charge in [0.05, 0.1) is 19.4 Å². The molecule has 178 valence electrons. The zero-order valence-corrected chi connectivity index (χ0v) is 20.9. The van der Waals surface area contributed by atoms with Gasteiger partial charge in [0.25, 0.3) is 0 Å². The molecule has 34 heavy (non-hydrogen) atoms. The van der Waals surface area contributed by atoms with Gasteiger partial charge >= 0.3 is 5.97 Å². The molecule has 5 heteroatoms. The summed E-state index contributed by atoms with van der Waals surface area (Å²) in [5.41, 5.74) is 5.99. The topological polar surface area (TPSA) is 57.5 Å². The van der Waals surface area contributed by atoms with Crippen molar-refractivity contribution in [2.24, 2.45) is 5.41 Å². The van der Waals surface area contributed by atoms with E-state index in [1.807, 2.05) is 6.07 Å². The number of aryl methyl sites for hydroxylation is 1. The number of nitrogens with zero attached hydrogens (tertiary/aromatic N) is 1. The summed E-state index contributed by atoms with van der Waals surface area (Å²) in [5, 5.41) is 0. The molecule has 0 saturated heterocycles. The Kier molecular flexibility index (Phi) is 6.39. The third-order valence-corrected chi connectivity index (χ3v) is 6.70. The molecule has 0 spiro atoms. The van der Waals surface area contributed by atoms with Crippen molar-refractivity contribution >= 4 is 5.97 Å². The highest BCUT2D eigenvalue weighted by Gasteiger charge is 2.34. The number of pyridine rings is 1. The van der Waals surface area contributed by atoms with Crippen LogP contribution in [0.3, 0.4) is 0 Å². The molecule has 0 amide bonds. The highest BCUT2D eigenvalue weighted by Crippen LogP contribution is 2.45. The first-order valence-corrected chi connectivity index (χ1v) is 11.9. The zero-order valence-electron chi connectivity index (χ0n) is 20.9. The summed E-state index contributed by atoms with van der Waals surface area (Å²) in [6.45, 7) is 10.7. The predicted octanol–water partition coefficient (Wildman–Crippen LogP) is 6.07. The molecule has 5 nitrogen and oxygen atoms in total. The van der Waals surface area contributed by atoms with Crippen LogP contribution in [0.2, 0.25) is 0 Å². The Morgan fingerprint density at radius 1 is 1.06 bits per heavy atom. The molecule has 4 rings (SSSR count). The molecule has 0 fully saturated rings. The standard InChI is InChI=1S/C29H33NO4/c1-7-18-9-11-19(12-10-18)22-13-20-14-27(29(3,4)5)30-17-23(28(32)34-8-2)25(31)16-24(30)21(20)15-26(22)33-6/h9-13,15-17,27H,7-8,14H2,1-6H3. The number of benzene rings is 2. The van der Waals surface area contributed by atoms with Crippen molar-refractivity contribution in [3.05, 3.63) is 75.6 Å². The number of aromatic nitrogens is 1. The first kappa shape index (κ1) is 23.8. The van der Waals surface area contributed by atoms with Crippen LogP contribution in [-0.2, 0) is 17.6 Å². The number of hydrogen-bond donors (Lipinski definition) is 0. The second-order valence-electron chi connectivity index (χ2n) is 9.91. The van der Waals surface area contributed by atoms with Crippen molar-refractivity contribution in [2.75, 3.05) is 13.7 Å². The van der Waals surface area contributed by atoms with Gasteiger partial charge in [-0.1, -0.05) is 52.0 Å². The van der Waals surface area contributed by atoms with E-state index in [2.05, 4.69) is 62.6 Å². The number of fused-ring (bicyclic) bond motifs is 3. The highest BCUT2D eigenvalue weighted by molar-refractivity contribution is 5.89. The van der Waals surface area contributed by atoms with Gasteiger partial charge in [-0.25, -0.2) is 4.79 Å². The number of rotatable bonds is 5. The van der Waals surface area contributed by atoms with Crippen molar-refractivity contribution in [2.45, 2.75) is 53.5 Å². The van der Waals surface area contributed by atoms with Crippen molar-refractivity contribution in [3.63, 3.8) is 0 Å². The fourth-order valence-electron chi connectivity index (χ4n) is 4.76. The van der Waals surface area contributed by atoms with Crippen molar-refractivity contribution < 1.29 is 14.3 Å². The molecule has 0 radical (unpaired) electrons. The number of esters is 1. The van der Waals surface area contributed by atoms with Crippen LogP contribution >= 0.6 is 0 Å². The third kappa shape index (κ3) is 4.27. The lowest BCUT2D eigenvalue weighted by Crippen LogP contribution is -2.33. The molecule has 1 aromatic heterocycles. The summed E-state index contributed by atoms with van der Waals surface area (Å²) in [6, 6.07) is 14.4. The summed E-state index contributed by atoms with van der Waals surface area (Å²) in [6.07, 6.45) is 3.45. The van der Waals surface area contributed by atoms with E-state index in [1.165, 1.54) is 11.1 Å². The minimum Gasteiger partial charge on any atom is -0.496 e. The second-order valence-corrected chi connectivity index (χ2v) is 9.91. The molecule has 0 aliphatic carbocycles. The van der Waals surface area contributed by atoms with Crippen LogP contribution in [0.25, 0.3) is 22.4 Å². The summed E-state index contributed by atoms with van der Waals surface area (Å²) in [7, 11) is 1.67. The molecule has 1 aliphatic heterocycles. The maximum absolute atomic E-state index is 12.9. The van der Waals surface area contributed by atoms with Crippen LogP contribution in [0.4, 0.5) is 0 Å². The molecule has 1 unspecified atom stereocenters. The number of carbonyl (C=O) groups is 1. The van der Waals surface area contributed by atoms with Gasteiger partial charge in [0.1, 0.15) is 11.3 Å². The normalized spacial score (nSPS) is 14.8. The molecule has 2 aromatic carbocycles. The van der Waals surface area contributed by atoms with Crippen LogP contribution in [0.1, 0.15) is 62.1 Å². The Hall–Kier alpha value is -3.34. The van der Waals surface area contributed by atoms with Gasteiger partial charge < -0.3 is 14.0 Å². The van der Waals surface area contributed by atoms with E-state index in [0.717, 1.165) is 41.0 Å². The molecule has 0 saturated carbocycles. The van der Waals surface area contributed by atoms with Crippen LogP contribution in [0.5, 0.6) is 5.75 Å². The third-order valence-electron chi connectivity index (χ3n) is 6.70. The molecular weight excluding hydrogens is 426 g/mol. The Morgan fingerprint density at radius 2 is 1.76 bits per heavy atom. The molecule has 2 heterocycles. The monoisotopic (exact) mass is 459 g/mol. The average molecular weight is 460 g/mol. The molecule has 0 bridgehead atoms. The smallest absolute Gasteiger partial charge is 0.343 e. The van der Waals surface area contributed by atoms with E-state index in [4.69, 9.17) is 9.47 Å². The molecule has 1 aliphatic rings. The zero-order chi connectivity index (χ0) is 24.6. The fourth-order valence-corrected chi connectivity index (χ4v) is 4.76. The van der Waals surface area contributed by atoms with Crippen LogP contribution in [-0.4, -0.2) is 24.3 Å². The van der Waals surface area contributed by atoms with Gasteiger partial charge in [-0.3, -0.25) is 4.79 Å². The van der Waals surface area contributed by atoms with Crippen molar-refractivity contribution in [1.82, 2.24) is 4.57 Å². The number of carbonyl (C=O) groups excluding carboxylic acids is 1. The Bertz CT molecular complexity index is 1280. The number of methoxy groups -OCH3 is 1. The van der Waals surface area contributed by atoms with Crippen molar-refractivity contribution in [1.29, 1.82) is 0 Å². The lowest BCUT2D eigenvalue weighted by molar-refractivity contribution is 0.0523. The van der Waals surface area contributed by atoms with Gasteiger partial charge in [-0.05, 0) is 54.0 Å². The van der Waals surface area contributed by atoms with E-state index in [9.17, 15) is 9.59 Å². The maximum Gasteiger partial charge on any atom is 0.343 e. The maximum atomic E-state index is 12.9. The lowest BCUT2D eigenvalue weighted by Gasteiger charge is -2.39. The minimum absolute atomic E-state index is 0.0625. The van der Waals surface area contributed by atoms with E-state index >= 15 is 0 Å². The molecule has 0 N–H and O–H groups in total. The molecule has 1 atom stereocenters. The van der Waals surface area contributed by atoms with Crippen LogP contribution in [0, 0.1) is 5.41 Å². The van der Waals surface area contributed by atoms with Crippen molar-refractivity contribution in [3.8, 4) is 28.1 Å². The Balaban J connectivity index is 1.93. The summed E-state index contributed by atoms with van der Waals surface area (Å²) in [5.74, 6) is 0.176. The first-order valence-electron chi connectivity index (χ1n) is 11.9. The van der Waals surface area contributed by atoms with E-state index < -0.39 is 5.97 Å². The van der Waals surface area contributed by atoms with E-state index in [0.29, 0.717) is 0 Å². The summed E-state index contributed by atoms with van der Waals surface area (Å²) < 4.78 is 13.0. The molecule has 3 aromatic rings. The average Bonchev–Trinajstić information content (AvgIpc) is 2.82. The van der Waals surface area contributed by atoms with E-state index in [1.54, 1.807) is 26.3 Å². The predicted molar refractivity (Wildman–Crippen MR) is 136 cm³/mol. The van der Waals surface area contributed by atoms with Gasteiger partial charge in [0, 0.05) is 29.4 Å². The quantitative estimate of drug-likeness (QED) is 0.434. The lowest BCUT2D eigenvalue weighted by atomic mass is 9.78. The largest absolute Gasteiger partial charge is 0.496 e. The number of ether oxygens (including phenoxy) is 2. The fraction of sp³-hybridized carbons (Fsp3) is 0.379. The van der Waals surface area contributed by atoms with Gasteiger partial charge in [-0.2, -0.15) is 0 Å². The Labute approximate surface area is 201 Å². The van der Waals surface area contributed by atoms with Gasteiger partial charge in [0.2, 0.25) is 0 Å². The van der Waals surface area contributed by atoms with E-state index in [-0.39, 0.29) is 29.1 Å². The summed E-state index contributed by atoms with van der Waals surface area (Å²) in [4.78, 5) is 25.4. The SMILES string of the molecule is CCOC(=O)c1cn2c(cc1=O)-c1cc(OC)c(-c3ccc(CC)cc3)cc1CC2C(C)(C)C. The van der Waals surface area contributed by atoms with Crippen LogP contribution < -0.4 is 10.2 Å². The van der Waals surface area contributed by atoms with Crippen LogP contribution in [0.15, 0.2) is 53.5 Å². The Morgan fingerprint density at radius 3 is 2.35 bits per heavy atom. The number of hydrogen-bond acceptors (Lipinski definition) is 4. The summed E-state index contributed by atoms with van der Waals surface area (Å²) >= 11 is 0. The van der Waals surface area contributed by atoms with Gasteiger partial charge in [0.15, 0.2) is 5.43 Å². The highest BCUT2D eigenvalue weighted by atomic mass is 16.5. The molecular formula is C29H33NO4. The minimum atomic E-state index is -0.579. The van der Waals surface area contributed by atoms with Gasteiger partial charge in [-0.15, -0.1) is 0 Å². The second kappa shape index (κ2) is 9.13.